The topological polar surface area (TPSA) is 83.6 Å². The van der Waals surface area contributed by atoms with Gasteiger partial charge in [-0.2, -0.15) is 23.5 Å². The lowest BCUT2D eigenvalue weighted by Crippen LogP contribution is -2.28. The molecule has 2 heterocycles. The molecule has 10 heteroatoms. The second kappa shape index (κ2) is 8.55. The van der Waals surface area contributed by atoms with Gasteiger partial charge in [-0.3, -0.25) is 4.79 Å². The van der Waals surface area contributed by atoms with Crippen LogP contribution in [0.2, 0.25) is 5.02 Å². The molecular formula is C20H15ClF3N5O. The van der Waals surface area contributed by atoms with E-state index in [9.17, 15) is 18.0 Å². The third-order valence-electron chi connectivity index (χ3n) is 4.36. The monoisotopic (exact) mass is 433 g/mol. The van der Waals surface area contributed by atoms with Crippen molar-refractivity contribution in [3.63, 3.8) is 0 Å². The summed E-state index contributed by atoms with van der Waals surface area (Å²) < 4.78 is 40.6. The van der Waals surface area contributed by atoms with Crippen LogP contribution in [0.5, 0.6) is 0 Å². The standard InChI is InChI=1S/C20H15ClF3N5O/c1-12(13-5-6-15(9-25)26-10-13)19(30)27-11-17-8-18(20(22,23)24)28-29(17)16-4-2-3-14(21)7-16/h2-8,10,12H,11H2,1H3,(H,27,30). The fourth-order valence-corrected chi connectivity index (χ4v) is 2.91. The minimum atomic E-state index is -4.63. The van der Waals surface area contributed by atoms with Crippen molar-refractivity contribution in [3.8, 4) is 11.8 Å². The summed E-state index contributed by atoms with van der Waals surface area (Å²) in [7, 11) is 0. The van der Waals surface area contributed by atoms with Crippen molar-refractivity contribution in [2.45, 2.75) is 25.6 Å². The van der Waals surface area contributed by atoms with E-state index in [1.165, 1.54) is 18.3 Å². The molecule has 154 valence electrons. The predicted octanol–water partition coefficient (Wildman–Crippen LogP) is 4.23. The summed E-state index contributed by atoms with van der Waals surface area (Å²) >= 11 is 5.94. The number of aromatic nitrogens is 3. The van der Waals surface area contributed by atoms with Crippen LogP contribution in [-0.2, 0) is 17.5 Å². The van der Waals surface area contributed by atoms with E-state index in [4.69, 9.17) is 16.9 Å². The number of pyridine rings is 1. The van der Waals surface area contributed by atoms with Crippen molar-refractivity contribution in [1.82, 2.24) is 20.1 Å². The molecule has 2 aromatic heterocycles. The van der Waals surface area contributed by atoms with Gasteiger partial charge in [0, 0.05) is 11.2 Å². The summed E-state index contributed by atoms with van der Waals surface area (Å²) in [5, 5.41) is 15.4. The fourth-order valence-electron chi connectivity index (χ4n) is 2.73. The number of hydrogen-bond donors (Lipinski definition) is 1. The first kappa shape index (κ1) is 21.3. The van der Waals surface area contributed by atoms with E-state index in [0.29, 0.717) is 16.3 Å². The Hall–Kier alpha value is -3.38. The second-order valence-electron chi connectivity index (χ2n) is 6.44. The smallest absolute Gasteiger partial charge is 0.350 e. The Kier molecular flexibility index (Phi) is 6.08. The van der Waals surface area contributed by atoms with Gasteiger partial charge in [-0.05, 0) is 42.8 Å². The van der Waals surface area contributed by atoms with Gasteiger partial charge in [0.25, 0.3) is 0 Å². The minimum Gasteiger partial charge on any atom is -0.350 e. The predicted molar refractivity (Wildman–Crippen MR) is 103 cm³/mol. The third kappa shape index (κ3) is 4.78. The number of carbonyl (C=O) groups is 1. The lowest BCUT2D eigenvalue weighted by molar-refractivity contribution is -0.141. The van der Waals surface area contributed by atoms with Gasteiger partial charge in [0.2, 0.25) is 5.91 Å². The van der Waals surface area contributed by atoms with Crippen molar-refractivity contribution < 1.29 is 18.0 Å². The molecule has 0 aliphatic rings. The third-order valence-corrected chi connectivity index (χ3v) is 4.60. The van der Waals surface area contributed by atoms with E-state index in [1.807, 2.05) is 6.07 Å². The molecule has 1 unspecified atom stereocenters. The molecular weight excluding hydrogens is 419 g/mol. The molecule has 3 rings (SSSR count). The van der Waals surface area contributed by atoms with Gasteiger partial charge in [0.05, 0.1) is 23.8 Å². The number of carbonyl (C=O) groups excluding carboxylic acids is 1. The Morgan fingerprint density at radius 3 is 2.67 bits per heavy atom. The molecule has 1 N–H and O–H groups in total. The molecule has 1 atom stereocenters. The second-order valence-corrected chi connectivity index (χ2v) is 6.87. The van der Waals surface area contributed by atoms with Crippen molar-refractivity contribution >= 4 is 17.5 Å². The Labute approximate surface area is 174 Å². The first-order valence-electron chi connectivity index (χ1n) is 8.75. The maximum absolute atomic E-state index is 13.2. The highest BCUT2D eigenvalue weighted by atomic mass is 35.5. The van der Waals surface area contributed by atoms with E-state index in [-0.39, 0.29) is 17.9 Å². The SMILES string of the molecule is CC(C(=O)NCc1cc(C(F)(F)F)nn1-c1cccc(Cl)c1)c1ccc(C#N)nc1. The van der Waals surface area contributed by atoms with Crippen LogP contribution < -0.4 is 5.32 Å². The van der Waals surface area contributed by atoms with E-state index < -0.39 is 23.7 Å². The lowest BCUT2D eigenvalue weighted by atomic mass is 10.0. The molecule has 0 bridgehead atoms. The number of amides is 1. The summed E-state index contributed by atoms with van der Waals surface area (Å²) in [5.74, 6) is -1.02. The molecule has 0 aliphatic carbocycles. The Bertz CT molecular complexity index is 1100. The minimum absolute atomic E-state index is 0.142. The van der Waals surface area contributed by atoms with E-state index in [2.05, 4.69) is 15.4 Å². The highest BCUT2D eigenvalue weighted by Crippen LogP contribution is 2.30. The van der Waals surface area contributed by atoms with Crippen molar-refractivity contribution in [2.24, 2.45) is 0 Å². The number of rotatable bonds is 5. The van der Waals surface area contributed by atoms with Crippen LogP contribution in [0.25, 0.3) is 5.69 Å². The van der Waals surface area contributed by atoms with Crippen LogP contribution in [0.4, 0.5) is 13.2 Å². The molecule has 0 fully saturated rings. The first-order chi connectivity index (χ1) is 14.2. The maximum atomic E-state index is 13.2. The Morgan fingerprint density at radius 1 is 1.30 bits per heavy atom. The number of benzene rings is 1. The maximum Gasteiger partial charge on any atom is 0.435 e. The average molecular weight is 434 g/mol. The van der Waals surface area contributed by atoms with Gasteiger partial charge in [-0.1, -0.05) is 23.7 Å². The Balaban J connectivity index is 1.82. The van der Waals surface area contributed by atoms with Gasteiger partial charge in [0.15, 0.2) is 5.69 Å². The molecule has 0 saturated heterocycles. The van der Waals surface area contributed by atoms with Crippen molar-refractivity contribution in [2.75, 3.05) is 0 Å². The van der Waals surface area contributed by atoms with Gasteiger partial charge < -0.3 is 5.32 Å². The zero-order valence-electron chi connectivity index (χ0n) is 15.6. The molecule has 0 saturated carbocycles. The number of nitrogens with zero attached hydrogens (tertiary/aromatic N) is 4. The molecule has 1 aromatic carbocycles. The molecule has 1 amide bonds. The average Bonchev–Trinajstić information content (AvgIpc) is 3.16. The fraction of sp³-hybridized carbons (Fsp3) is 0.200. The number of nitrogens with one attached hydrogen (secondary N) is 1. The van der Waals surface area contributed by atoms with Crippen LogP contribution in [0.1, 0.15) is 35.5 Å². The molecule has 3 aromatic rings. The van der Waals surface area contributed by atoms with Gasteiger partial charge >= 0.3 is 6.18 Å². The summed E-state index contributed by atoms with van der Waals surface area (Å²) in [6.45, 7) is 1.45. The van der Waals surface area contributed by atoms with Crippen LogP contribution >= 0.6 is 11.6 Å². The summed E-state index contributed by atoms with van der Waals surface area (Å²) in [4.78, 5) is 16.4. The zero-order chi connectivity index (χ0) is 21.9. The van der Waals surface area contributed by atoms with Crippen LogP contribution in [0.3, 0.4) is 0 Å². The lowest BCUT2D eigenvalue weighted by Gasteiger charge is -2.13. The summed E-state index contributed by atoms with van der Waals surface area (Å²) in [5.41, 5.74) is 0.202. The van der Waals surface area contributed by atoms with Gasteiger partial charge in [0.1, 0.15) is 11.8 Å². The number of nitriles is 1. The number of halogens is 4. The normalized spacial score (nSPS) is 12.3. The first-order valence-corrected chi connectivity index (χ1v) is 9.12. The highest BCUT2D eigenvalue weighted by molar-refractivity contribution is 6.30. The number of hydrogen-bond acceptors (Lipinski definition) is 4. The number of alkyl halides is 3. The zero-order valence-corrected chi connectivity index (χ0v) is 16.4. The van der Waals surface area contributed by atoms with E-state index >= 15 is 0 Å². The largest absolute Gasteiger partial charge is 0.435 e. The van der Waals surface area contributed by atoms with Crippen molar-refractivity contribution in [1.29, 1.82) is 5.26 Å². The molecule has 0 aliphatic heterocycles. The molecule has 30 heavy (non-hydrogen) atoms. The summed E-state index contributed by atoms with van der Waals surface area (Å²) in [6.07, 6.45) is -3.22. The van der Waals surface area contributed by atoms with E-state index in [1.54, 1.807) is 31.2 Å². The highest BCUT2D eigenvalue weighted by Gasteiger charge is 2.35. The Morgan fingerprint density at radius 2 is 2.07 bits per heavy atom. The van der Waals surface area contributed by atoms with Crippen molar-refractivity contribution in [3.05, 3.63) is 76.3 Å². The molecule has 0 radical (unpaired) electrons. The van der Waals surface area contributed by atoms with Gasteiger partial charge in [-0.25, -0.2) is 9.67 Å². The quantitative estimate of drug-likeness (QED) is 0.652. The summed E-state index contributed by atoms with van der Waals surface area (Å²) in [6, 6.07) is 12.1. The van der Waals surface area contributed by atoms with Crippen LogP contribution in [-0.4, -0.2) is 20.7 Å². The van der Waals surface area contributed by atoms with E-state index in [0.717, 1.165) is 10.7 Å². The van der Waals surface area contributed by atoms with Crippen LogP contribution in [0.15, 0.2) is 48.7 Å². The van der Waals surface area contributed by atoms with Crippen LogP contribution in [0, 0.1) is 11.3 Å². The molecule has 0 spiro atoms. The molecule has 6 nitrogen and oxygen atoms in total. The van der Waals surface area contributed by atoms with Gasteiger partial charge in [-0.15, -0.1) is 0 Å².